The third-order valence-electron chi connectivity index (χ3n) is 3.48. The molecule has 0 atom stereocenters. The van der Waals surface area contributed by atoms with E-state index in [9.17, 15) is 4.39 Å². The van der Waals surface area contributed by atoms with Crippen LogP contribution in [0.15, 0.2) is 48.9 Å². The van der Waals surface area contributed by atoms with E-state index in [4.69, 9.17) is 5.73 Å². The van der Waals surface area contributed by atoms with Crippen LogP contribution in [-0.4, -0.2) is 15.0 Å². The molecular weight excluding hydrogens is 279 g/mol. The summed E-state index contributed by atoms with van der Waals surface area (Å²) in [6, 6.07) is 8.22. The molecule has 3 aromatic rings. The first-order valence-corrected chi connectivity index (χ1v) is 7.00. The van der Waals surface area contributed by atoms with E-state index in [0.717, 1.165) is 23.1 Å². The van der Waals surface area contributed by atoms with E-state index in [0.29, 0.717) is 11.3 Å². The molecule has 110 valence electrons. The van der Waals surface area contributed by atoms with E-state index in [2.05, 4.69) is 21.9 Å². The third kappa shape index (κ3) is 2.65. The maximum absolute atomic E-state index is 13.5. The normalized spacial score (nSPS) is 10.6. The monoisotopic (exact) mass is 294 g/mol. The van der Waals surface area contributed by atoms with Crippen LogP contribution in [0.3, 0.4) is 0 Å². The molecule has 0 bridgehead atoms. The smallest absolute Gasteiger partial charge is 0.220 e. The number of halogens is 1. The van der Waals surface area contributed by atoms with Crippen LogP contribution in [-0.2, 0) is 6.42 Å². The van der Waals surface area contributed by atoms with Crippen LogP contribution < -0.4 is 5.73 Å². The second-order valence-corrected chi connectivity index (χ2v) is 4.89. The van der Waals surface area contributed by atoms with Crippen LogP contribution in [0, 0.1) is 5.82 Å². The van der Waals surface area contributed by atoms with E-state index in [1.54, 1.807) is 24.5 Å². The molecule has 0 amide bonds. The van der Waals surface area contributed by atoms with Crippen molar-refractivity contribution in [3.63, 3.8) is 0 Å². The lowest BCUT2D eigenvalue weighted by molar-refractivity contribution is 0.628. The van der Waals surface area contributed by atoms with Crippen LogP contribution >= 0.6 is 0 Å². The van der Waals surface area contributed by atoms with Gasteiger partial charge in [0.15, 0.2) is 0 Å². The first kappa shape index (κ1) is 14.1. The zero-order valence-corrected chi connectivity index (χ0v) is 12.1. The molecule has 0 fully saturated rings. The van der Waals surface area contributed by atoms with Gasteiger partial charge >= 0.3 is 0 Å². The fourth-order valence-electron chi connectivity index (χ4n) is 2.42. The summed E-state index contributed by atoms with van der Waals surface area (Å²) in [5, 5.41) is 0. The van der Waals surface area contributed by atoms with E-state index in [1.165, 1.54) is 12.1 Å². The van der Waals surface area contributed by atoms with Gasteiger partial charge < -0.3 is 5.73 Å². The second-order valence-electron chi connectivity index (χ2n) is 4.89. The van der Waals surface area contributed by atoms with Crippen molar-refractivity contribution in [1.29, 1.82) is 0 Å². The first-order valence-electron chi connectivity index (χ1n) is 7.00. The summed E-state index contributed by atoms with van der Waals surface area (Å²) in [7, 11) is 0. The van der Waals surface area contributed by atoms with Crippen LogP contribution in [0.2, 0.25) is 0 Å². The minimum absolute atomic E-state index is 0.162. The summed E-state index contributed by atoms with van der Waals surface area (Å²) in [6.07, 6.45) is 6.05. The maximum atomic E-state index is 13.5. The molecular formula is C17H15FN4. The molecule has 0 radical (unpaired) electrons. The maximum Gasteiger partial charge on any atom is 0.220 e. The van der Waals surface area contributed by atoms with E-state index < -0.39 is 0 Å². The van der Waals surface area contributed by atoms with Crippen LogP contribution in [0.5, 0.6) is 0 Å². The van der Waals surface area contributed by atoms with Crippen LogP contribution in [0.1, 0.15) is 12.5 Å². The Hall–Kier alpha value is -2.82. The second kappa shape index (κ2) is 5.89. The predicted molar refractivity (Wildman–Crippen MR) is 84.4 cm³/mol. The minimum Gasteiger partial charge on any atom is -0.368 e. The molecule has 0 spiro atoms. The van der Waals surface area contributed by atoms with Gasteiger partial charge in [0.1, 0.15) is 5.82 Å². The Morgan fingerprint density at radius 2 is 2.00 bits per heavy atom. The van der Waals surface area contributed by atoms with E-state index in [1.807, 2.05) is 12.3 Å². The number of nitrogens with zero attached hydrogens (tertiary/aromatic N) is 3. The van der Waals surface area contributed by atoms with Crippen molar-refractivity contribution in [3.05, 3.63) is 60.3 Å². The van der Waals surface area contributed by atoms with Crippen molar-refractivity contribution >= 4 is 5.95 Å². The number of benzene rings is 1. The van der Waals surface area contributed by atoms with Crippen molar-refractivity contribution in [2.45, 2.75) is 13.3 Å². The molecule has 0 unspecified atom stereocenters. The number of rotatable bonds is 3. The minimum atomic E-state index is -0.314. The van der Waals surface area contributed by atoms with E-state index >= 15 is 0 Å². The number of nitrogen functional groups attached to an aromatic ring is 1. The standard InChI is InChI=1S/C17H15FN4/c1-2-11-9-20-7-6-14(11)15-10-21-17(19)22-16(15)12-4-3-5-13(18)8-12/h3-10H,2H2,1H3,(H2,19,21,22). The number of anilines is 1. The average molecular weight is 294 g/mol. The van der Waals surface area contributed by atoms with Gasteiger partial charge in [0, 0.05) is 29.7 Å². The molecule has 5 heteroatoms. The highest BCUT2D eigenvalue weighted by atomic mass is 19.1. The zero-order chi connectivity index (χ0) is 15.5. The SMILES string of the molecule is CCc1cnccc1-c1cnc(N)nc1-c1cccc(F)c1. The van der Waals surface area contributed by atoms with Gasteiger partial charge in [-0.05, 0) is 35.7 Å². The summed E-state index contributed by atoms with van der Waals surface area (Å²) in [6.45, 7) is 2.06. The Morgan fingerprint density at radius 3 is 2.77 bits per heavy atom. The van der Waals surface area contributed by atoms with Gasteiger partial charge in [0.05, 0.1) is 5.69 Å². The van der Waals surface area contributed by atoms with Crippen molar-refractivity contribution in [1.82, 2.24) is 15.0 Å². The predicted octanol–water partition coefficient (Wildman–Crippen LogP) is 3.49. The Bertz CT molecular complexity index is 817. The van der Waals surface area contributed by atoms with Crippen LogP contribution in [0.4, 0.5) is 10.3 Å². The van der Waals surface area contributed by atoms with Gasteiger partial charge in [-0.25, -0.2) is 14.4 Å². The molecule has 0 aliphatic carbocycles. The summed E-state index contributed by atoms with van der Waals surface area (Å²) in [4.78, 5) is 12.6. The lowest BCUT2D eigenvalue weighted by Gasteiger charge is -2.12. The topological polar surface area (TPSA) is 64.7 Å². The van der Waals surface area contributed by atoms with Gasteiger partial charge in [0.25, 0.3) is 0 Å². The Kier molecular flexibility index (Phi) is 3.78. The molecule has 3 rings (SSSR count). The molecule has 2 aromatic heterocycles. The van der Waals surface area contributed by atoms with Gasteiger partial charge in [-0.15, -0.1) is 0 Å². The highest BCUT2D eigenvalue weighted by molar-refractivity contribution is 5.82. The molecule has 1 aromatic carbocycles. The molecule has 22 heavy (non-hydrogen) atoms. The highest BCUT2D eigenvalue weighted by Crippen LogP contribution is 2.32. The molecule has 0 saturated carbocycles. The molecule has 0 saturated heterocycles. The lowest BCUT2D eigenvalue weighted by atomic mass is 9.97. The first-order chi connectivity index (χ1) is 10.7. The molecule has 2 heterocycles. The number of nitrogens with two attached hydrogens (primary N) is 1. The lowest BCUT2D eigenvalue weighted by Crippen LogP contribution is -2.00. The summed E-state index contributed by atoms with van der Waals surface area (Å²) >= 11 is 0. The van der Waals surface area contributed by atoms with Gasteiger partial charge in [-0.2, -0.15) is 0 Å². The molecule has 0 aliphatic heterocycles. The number of pyridine rings is 1. The summed E-state index contributed by atoms with van der Waals surface area (Å²) in [5.41, 5.74) is 9.89. The Morgan fingerprint density at radius 1 is 1.14 bits per heavy atom. The largest absolute Gasteiger partial charge is 0.368 e. The highest BCUT2D eigenvalue weighted by Gasteiger charge is 2.14. The summed E-state index contributed by atoms with van der Waals surface area (Å²) < 4.78 is 13.5. The third-order valence-corrected chi connectivity index (χ3v) is 3.48. The van der Waals surface area contributed by atoms with Gasteiger partial charge in [0.2, 0.25) is 5.95 Å². The van der Waals surface area contributed by atoms with Gasteiger partial charge in [-0.3, -0.25) is 4.98 Å². The van der Waals surface area contributed by atoms with Crippen molar-refractivity contribution in [3.8, 4) is 22.4 Å². The Labute approximate surface area is 127 Å². The van der Waals surface area contributed by atoms with Crippen molar-refractivity contribution in [2.24, 2.45) is 0 Å². The Balaban J connectivity index is 2.25. The van der Waals surface area contributed by atoms with E-state index in [-0.39, 0.29) is 11.8 Å². The van der Waals surface area contributed by atoms with Gasteiger partial charge in [-0.1, -0.05) is 19.1 Å². The van der Waals surface area contributed by atoms with Crippen LogP contribution in [0.25, 0.3) is 22.4 Å². The fraction of sp³-hybridized carbons (Fsp3) is 0.118. The summed E-state index contributed by atoms with van der Waals surface area (Å²) in [5.74, 6) is -0.152. The number of aromatic nitrogens is 3. The number of hydrogen-bond donors (Lipinski definition) is 1. The number of hydrogen-bond acceptors (Lipinski definition) is 4. The average Bonchev–Trinajstić information content (AvgIpc) is 2.55. The van der Waals surface area contributed by atoms with Crippen molar-refractivity contribution in [2.75, 3.05) is 5.73 Å². The molecule has 0 aliphatic rings. The molecule has 2 N–H and O–H groups in total. The number of aryl methyl sites for hydroxylation is 1. The van der Waals surface area contributed by atoms with Crippen molar-refractivity contribution < 1.29 is 4.39 Å². The zero-order valence-electron chi connectivity index (χ0n) is 12.1. The quantitative estimate of drug-likeness (QED) is 0.803. The molecule has 4 nitrogen and oxygen atoms in total. The fourth-order valence-corrected chi connectivity index (χ4v) is 2.42.